The molecule has 2 nitrogen and oxygen atoms in total. The van der Waals surface area contributed by atoms with Crippen LogP contribution in [0.5, 0.6) is 0 Å². The summed E-state index contributed by atoms with van der Waals surface area (Å²) in [6, 6.07) is 5.34. The molecule has 0 N–H and O–H groups in total. The quantitative estimate of drug-likeness (QED) is 0.750. The molecule has 0 saturated heterocycles. The second kappa shape index (κ2) is 6.67. The van der Waals surface area contributed by atoms with E-state index >= 15 is 0 Å². The van der Waals surface area contributed by atoms with Gasteiger partial charge >= 0.3 is 0 Å². The highest BCUT2D eigenvalue weighted by Gasteiger charge is 2.16. The van der Waals surface area contributed by atoms with Gasteiger partial charge in [0.15, 0.2) is 0 Å². The molecular weight excluding hydrogens is 254 g/mol. The highest BCUT2D eigenvalue weighted by atomic mass is 35.5. The summed E-state index contributed by atoms with van der Waals surface area (Å²) in [6.45, 7) is 5.06. The third kappa shape index (κ3) is 3.90. The van der Waals surface area contributed by atoms with Gasteiger partial charge in [0.05, 0.1) is 18.2 Å². The largest absolute Gasteiger partial charge is 0.331 e. The molecular formula is C10H13Cl2O2P. The summed E-state index contributed by atoms with van der Waals surface area (Å²) in [6.07, 6.45) is 0. The highest BCUT2D eigenvalue weighted by molar-refractivity contribution is 7.56. The first-order valence-electron chi connectivity index (χ1n) is 4.70. The Kier molecular flexibility index (Phi) is 5.88. The van der Waals surface area contributed by atoms with E-state index in [1.54, 1.807) is 12.1 Å². The molecule has 1 aromatic rings. The van der Waals surface area contributed by atoms with Gasteiger partial charge in [-0.25, -0.2) is 0 Å². The second-order valence-corrected chi connectivity index (χ2v) is 5.04. The van der Waals surface area contributed by atoms with Crippen molar-refractivity contribution in [1.29, 1.82) is 0 Å². The zero-order valence-electron chi connectivity index (χ0n) is 8.67. The predicted octanol–water partition coefficient (Wildman–Crippen LogP) is 4.00. The fraction of sp³-hybridized carbons (Fsp3) is 0.400. The zero-order chi connectivity index (χ0) is 11.3. The molecule has 0 atom stereocenters. The summed E-state index contributed by atoms with van der Waals surface area (Å²) in [5.74, 6) is 0. The maximum absolute atomic E-state index is 6.07. The van der Waals surface area contributed by atoms with Crippen molar-refractivity contribution in [2.75, 3.05) is 13.2 Å². The van der Waals surface area contributed by atoms with E-state index in [2.05, 4.69) is 0 Å². The van der Waals surface area contributed by atoms with Crippen LogP contribution in [0.25, 0.3) is 0 Å². The Bertz CT molecular complexity index is 314. The van der Waals surface area contributed by atoms with E-state index in [4.69, 9.17) is 32.2 Å². The minimum Gasteiger partial charge on any atom is -0.331 e. The van der Waals surface area contributed by atoms with Crippen molar-refractivity contribution in [2.45, 2.75) is 13.8 Å². The lowest BCUT2D eigenvalue weighted by molar-refractivity contribution is 0.277. The Hall–Kier alpha value is 0.150. The number of halogens is 2. The van der Waals surface area contributed by atoms with E-state index < -0.39 is 8.38 Å². The van der Waals surface area contributed by atoms with Crippen LogP contribution in [0.1, 0.15) is 13.8 Å². The fourth-order valence-corrected chi connectivity index (χ4v) is 2.91. The first kappa shape index (κ1) is 13.2. The third-order valence-corrected chi connectivity index (χ3v) is 4.05. The van der Waals surface area contributed by atoms with Crippen molar-refractivity contribution in [1.82, 2.24) is 0 Å². The van der Waals surface area contributed by atoms with Crippen LogP contribution in [0.3, 0.4) is 0 Å². The van der Waals surface area contributed by atoms with Gasteiger partial charge in [0, 0.05) is 10.3 Å². The SMILES string of the molecule is CCOP(OCC)c1ccc(Cl)cc1Cl. The van der Waals surface area contributed by atoms with E-state index in [0.717, 1.165) is 5.30 Å². The van der Waals surface area contributed by atoms with E-state index in [1.165, 1.54) is 0 Å². The molecule has 1 aromatic carbocycles. The standard InChI is InChI=1S/C10H13Cl2O2P/c1-3-13-15(14-4-2)10-6-5-8(11)7-9(10)12/h5-7H,3-4H2,1-2H3. The number of benzene rings is 1. The molecule has 0 aliphatic heterocycles. The summed E-state index contributed by atoms with van der Waals surface area (Å²) >= 11 is 11.9. The molecule has 0 amide bonds. The third-order valence-electron chi connectivity index (χ3n) is 1.60. The average molecular weight is 267 g/mol. The number of rotatable bonds is 5. The van der Waals surface area contributed by atoms with Gasteiger partial charge in [0.25, 0.3) is 0 Å². The van der Waals surface area contributed by atoms with Gasteiger partial charge in [-0.3, -0.25) is 0 Å². The Morgan fingerprint density at radius 3 is 2.20 bits per heavy atom. The molecule has 5 heteroatoms. The average Bonchev–Trinajstić information content (AvgIpc) is 2.17. The topological polar surface area (TPSA) is 18.5 Å². The highest BCUT2D eigenvalue weighted by Crippen LogP contribution is 2.39. The van der Waals surface area contributed by atoms with Crippen LogP contribution in [0.4, 0.5) is 0 Å². The molecule has 0 unspecified atom stereocenters. The van der Waals surface area contributed by atoms with Crippen LogP contribution in [0.2, 0.25) is 10.0 Å². The Labute approximate surface area is 101 Å². The molecule has 0 aromatic heterocycles. The van der Waals surface area contributed by atoms with Gasteiger partial charge in [0.1, 0.15) is 0 Å². The van der Waals surface area contributed by atoms with Crippen molar-refractivity contribution in [3.8, 4) is 0 Å². The Balaban J connectivity index is 2.89. The van der Waals surface area contributed by atoms with Crippen molar-refractivity contribution in [3.63, 3.8) is 0 Å². The lowest BCUT2D eigenvalue weighted by Crippen LogP contribution is -2.07. The van der Waals surface area contributed by atoms with Crippen LogP contribution < -0.4 is 5.30 Å². The van der Waals surface area contributed by atoms with Crippen molar-refractivity contribution in [3.05, 3.63) is 28.2 Å². The monoisotopic (exact) mass is 266 g/mol. The molecule has 0 bridgehead atoms. The van der Waals surface area contributed by atoms with E-state index in [-0.39, 0.29) is 0 Å². The van der Waals surface area contributed by atoms with E-state index in [0.29, 0.717) is 23.3 Å². The number of hydrogen-bond acceptors (Lipinski definition) is 2. The molecule has 0 saturated carbocycles. The van der Waals surface area contributed by atoms with E-state index in [1.807, 2.05) is 19.9 Å². The lowest BCUT2D eigenvalue weighted by atomic mass is 10.4. The van der Waals surface area contributed by atoms with E-state index in [9.17, 15) is 0 Å². The van der Waals surface area contributed by atoms with Gasteiger partial charge in [-0.15, -0.1) is 0 Å². The van der Waals surface area contributed by atoms with Crippen LogP contribution >= 0.6 is 31.6 Å². The van der Waals surface area contributed by atoms with Gasteiger partial charge in [0.2, 0.25) is 8.38 Å². The van der Waals surface area contributed by atoms with Crippen molar-refractivity contribution < 1.29 is 9.05 Å². The Morgan fingerprint density at radius 1 is 1.13 bits per heavy atom. The molecule has 0 aliphatic carbocycles. The van der Waals surface area contributed by atoms with Gasteiger partial charge in [-0.1, -0.05) is 23.2 Å². The maximum Gasteiger partial charge on any atom is 0.206 e. The van der Waals surface area contributed by atoms with Gasteiger partial charge in [-0.2, -0.15) is 0 Å². The predicted molar refractivity (Wildman–Crippen MR) is 66.3 cm³/mol. The zero-order valence-corrected chi connectivity index (χ0v) is 11.1. The van der Waals surface area contributed by atoms with Gasteiger partial charge < -0.3 is 9.05 Å². The molecule has 1 rings (SSSR count). The summed E-state index contributed by atoms with van der Waals surface area (Å²) in [7, 11) is -1.08. The minimum absolute atomic E-state index is 0.593. The summed E-state index contributed by atoms with van der Waals surface area (Å²) in [5, 5.41) is 2.09. The molecule has 0 radical (unpaired) electrons. The first-order chi connectivity index (χ1) is 7.19. The van der Waals surface area contributed by atoms with Crippen LogP contribution in [0.15, 0.2) is 18.2 Å². The maximum atomic E-state index is 6.07. The van der Waals surface area contributed by atoms with Crippen molar-refractivity contribution in [2.24, 2.45) is 0 Å². The summed E-state index contributed by atoms with van der Waals surface area (Å²) < 4.78 is 11.0. The molecule has 0 spiro atoms. The fourth-order valence-electron chi connectivity index (χ4n) is 1.04. The number of hydrogen-bond donors (Lipinski definition) is 0. The minimum atomic E-state index is -1.08. The Morgan fingerprint density at radius 2 is 1.73 bits per heavy atom. The molecule has 0 aliphatic rings. The van der Waals surface area contributed by atoms with Crippen LogP contribution in [-0.2, 0) is 9.05 Å². The summed E-state index contributed by atoms with van der Waals surface area (Å²) in [5.41, 5.74) is 0. The molecule has 0 heterocycles. The smallest absolute Gasteiger partial charge is 0.206 e. The van der Waals surface area contributed by atoms with Crippen LogP contribution in [0, 0.1) is 0 Å². The molecule has 15 heavy (non-hydrogen) atoms. The lowest BCUT2D eigenvalue weighted by Gasteiger charge is -2.16. The molecule has 84 valence electrons. The summed E-state index contributed by atoms with van der Waals surface area (Å²) in [4.78, 5) is 0. The van der Waals surface area contributed by atoms with Gasteiger partial charge in [-0.05, 0) is 32.0 Å². The normalized spacial score (nSPS) is 11.0. The molecule has 0 fully saturated rings. The van der Waals surface area contributed by atoms with Crippen LogP contribution in [-0.4, -0.2) is 13.2 Å². The first-order valence-corrected chi connectivity index (χ1v) is 6.63. The van der Waals surface area contributed by atoms with Crippen molar-refractivity contribution >= 4 is 36.9 Å². The second-order valence-electron chi connectivity index (χ2n) is 2.69.